The molecule has 0 aromatic heterocycles. The first kappa shape index (κ1) is 16.8. The molecule has 1 saturated carbocycles. The van der Waals surface area contributed by atoms with Crippen LogP contribution >= 0.6 is 11.8 Å². The van der Waals surface area contributed by atoms with Crippen LogP contribution in [0.5, 0.6) is 0 Å². The second-order valence-corrected chi connectivity index (χ2v) is 8.89. The van der Waals surface area contributed by atoms with Crippen LogP contribution in [-0.4, -0.2) is 26.1 Å². The monoisotopic (exact) mass is 354 g/mol. The molecule has 0 unspecified atom stereocenters. The SMILES string of the molecule is O=C1CSc2ccc(S(=O)(=O)NC3CCCCCCC3)cc2N1. The van der Waals surface area contributed by atoms with Gasteiger partial charge in [-0.2, -0.15) is 0 Å². The van der Waals surface area contributed by atoms with Crippen molar-refractivity contribution in [2.24, 2.45) is 0 Å². The summed E-state index contributed by atoms with van der Waals surface area (Å²) in [5.41, 5.74) is 0.590. The van der Waals surface area contributed by atoms with Gasteiger partial charge < -0.3 is 5.32 Å². The van der Waals surface area contributed by atoms with Gasteiger partial charge >= 0.3 is 0 Å². The Morgan fingerprint density at radius 1 is 1.09 bits per heavy atom. The maximum absolute atomic E-state index is 12.6. The van der Waals surface area contributed by atoms with Crippen LogP contribution < -0.4 is 10.0 Å². The summed E-state index contributed by atoms with van der Waals surface area (Å²) < 4.78 is 28.1. The molecule has 1 heterocycles. The average Bonchev–Trinajstić information content (AvgIpc) is 2.49. The van der Waals surface area contributed by atoms with E-state index < -0.39 is 10.0 Å². The third kappa shape index (κ3) is 4.28. The van der Waals surface area contributed by atoms with E-state index >= 15 is 0 Å². The maximum Gasteiger partial charge on any atom is 0.240 e. The van der Waals surface area contributed by atoms with Crippen molar-refractivity contribution in [3.63, 3.8) is 0 Å². The van der Waals surface area contributed by atoms with Crippen molar-refractivity contribution in [2.45, 2.75) is 60.8 Å². The van der Waals surface area contributed by atoms with E-state index in [4.69, 9.17) is 0 Å². The van der Waals surface area contributed by atoms with Gasteiger partial charge in [-0.05, 0) is 31.0 Å². The van der Waals surface area contributed by atoms with Crippen molar-refractivity contribution in [2.75, 3.05) is 11.1 Å². The van der Waals surface area contributed by atoms with E-state index in [0.29, 0.717) is 11.4 Å². The fourth-order valence-corrected chi connectivity index (χ4v) is 5.21. The lowest BCUT2D eigenvalue weighted by molar-refractivity contribution is -0.113. The number of rotatable bonds is 3. The van der Waals surface area contributed by atoms with Crippen LogP contribution in [0.25, 0.3) is 0 Å². The third-order valence-electron chi connectivity index (χ3n) is 4.32. The van der Waals surface area contributed by atoms with Gasteiger partial charge in [-0.15, -0.1) is 11.8 Å². The van der Waals surface area contributed by atoms with Gasteiger partial charge in [0.25, 0.3) is 0 Å². The number of nitrogens with one attached hydrogen (secondary N) is 2. The lowest BCUT2D eigenvalue weighted by atomic mass is 9.97. The van der Waals surface area contributed by atoms with E-state index in [9.17, 15) is 13.2 Å². The molecule has 0 saturated heterocycles. The Kier molecular flexibility index (Phi) is 5.28. The van der Waals surface area contributed by atoms with Crippen molar-refractivity contribution < 1.29 is 13.2 Å². The van der Waals surface area contributed by atoms with Crippen molar-refractivity contribution in [3.8, 4) is 0 Å². The van der Waals surface area contributed by atoms with Crippen LogP contribution in [-0.2, 0) is 14.8 Å². The lowest BCUT2D eigenvalue weighted by Crippen LogP contribution is -2.35. The Labute approximate surface area is 141 Å². The minimum atomic E-state index is -3.55. The maximum atomic E-state index is 12.6. The molecule has 2 aliphatic rings. The van der Waals surface area contributed by atoms with Crippen molar-refractivity contribution >= 4 is 33.4 Å². The molecule has 1 fully saturated rings. The first-order valence-electron chi connectivity index (χ1n) is 8.14. The topological polar surface area (TPSA) is 75.3 Å². The van der Waals surface area contributed by atoms with Crippen LogP contribution in [0.2, 0.25) is 0 Å². The molecule has 23 heavy (non-hydrogen) atoms. The molecule has 1 aliphatic carbocycles. The van der Waals surface area contributed by atoms with Crippen LogP contribution in [0.1, 0.15) is 44.9 Å². The van der Waals surface area contributed by atoms with Gasteiger partial charge in [0.2, 0.25) is 15.9 Å². The van der Waals surface area contributed by atoms with Crippen LogP contribution in [0.3, 0.4) is 0 Å². The predicted molar refractivity (Wildman–Crippen MR) is 92.2 cm³/mol. The number of carbonyl (C=O) groups is 1. The minimum Gasteiger partial charge on any atom is -0.324 e. The number of hydrogen-bond donors (Lipinski definition) is 2. The first-order valence-corrected chi connectivity index (χ1v) is 10.6. The van der Waals surface area contributed by atoms with Gasteiger partial charge in [-0.3, -0.25) is 4.79 Å². The second-order valence-electron chi connectivity index (χ2n) is 6.16. The molecule has 0 radical (unpaired) electrons. The Morgan fingerprint density at radius 3 is 2.52 bits per heavy atom. The molecule has 5 nitrogen and oxygen atoms in total. The number of amides is 1. The number of anilines is 1. The van der Waals surface area contributed by atoms with E-state index in [0.717, 1.165) is 30.6 Å². The molecule has 1 aliphatic heterocycles. The number of benzene rings is 1. The van der Waals surface area contributed by atoms with Gasteiger partial charge in [0.15, 0.2) is 0 Å². The second kappa shape index (κ2) is 7.23. The normalized spacial score (nSPS) is 20.3. The summed E-state index contributed by atoms with van der Waals surface area (Å²) in [7, 11) is -3.55. The average molecular weight is 354 g/mol. The molecule has 1 amide bonds. The molecule has 2 N–H and O–H groups in total. The third-order valence-corrected chi connectivity index (χ3v) is 6.91. The summed E-state index contributed by atoms with van der Waals surface area (Å²) in [6.07, 6.45) is 7.56. The molecule has 3 rings (SSSR count). The van der Waals surface area contributed by atoms with Crippen LogP contribution in [0.15, 0.2) is 28.0 Å². The van der Waals surface area contributed by atoms with E-state index in [1.54, 1.807) is 18.2 Å². The Balaban J connectivity index is 1.76. The molecule has 126 valence electrons. The lowest BCUT2D eigenvalue weighted by Gasteiger charge is -2.22. The summed E-state index contributed by atoms with van der Waals surface area (Å²) in [5.74, 6) is 0.282. The summed E-state index contributed by atoms with van der Waals surface area (Å²) in [6, 6.07) is 4.96. The molecule has 7 heteroatoms. The van der Waals surface area contributed by atoms with E-state index in [1.165, 1.54) is 31.0 Å². The van der Waals surface area contributed by atoms with Crippen LogP contribution in [0, 0.1) is 0 Å². The molecule has 0 bridgehead atoms. The molecule has 0 atom stereocenters. The highest BCUT2D eigenvalue weighted by atomic mass is 32.2. The Morgan fingerprint density at radius 2 is 1.78 bits per heavy atom. The highest BCUT2D eigenvalue weighted by Crippen LogP contribution is 2.33. The molecule has 0 spiro atoms. The molecule has 1 aromatic rings. The zero-order valence-corrected chi connectivity index (χ0v) is 14.6. The van der Waals surface area contributed by atoms with Crippen molar-refractivity contribution in [1.82, 2.24) is 4.72 Å². The van der Waals surface area contributed by atoms with Gasteiger partial charge in [0.05, 0.1) is 16.3 Å². The minimum absolute atomic E-state index is 0.0142. The van der Waals surface area contributed by atoms with E-state index in [-0.39, 0.29) is 16.8 Å². The van der Waals surface area contributed by atoms with Gasteiger partial charge in [-0.25, -0.2) is 13.1 Å². The van der Waals surface area contributed by atoms with Crippen molar-refractivity contribution in [3.05, 3.63) is 18.2 Å². The fourth-order valence-electron chi connectivity index (χ4n) is 3.09. The summed E-state index contributed by atoms with van der Waals surface area (Å²) >= 11 is 1.43. The first-order chi connectivity index (χ1) is 11.0. The van der Waals surface area contributed by atoms with Gasteiger partial charge in [0.1, 0.15) is 0 Å². The summed E-state index contributed by atoms with van der Waals surface area (Å²) in [6.45, 7) is 0. The van der Waals surface area contributed by atoms with Gasteiger partial charge in [0, 0.05) is 10.9 Å². The smallest absolute Gasteiger partial charge is 0.240 e. The van der Waals surface area contributed by atoms with Crippen LogP contribution in [0.4, 0.5) is 5.69 Å². The zero-order chi connectivity index (χ0) is 16.3. The molecule has 1 aromatic carbocycles. The zero-order valence-electron chi connectivity index (χ0n) is 13.0. The fraction of sp³-hybridized carbons (Fsp3) is 0.562. The van der Waals surface area contributed by atoms with E-state index in [1.807, 2.05) is 0 Å². The van der Waals surface area contributed by atoms with Crippen molar-refractivity contribution in [1.29, 1.82) is 0 Å². The molecular formula is C16H22N2O3S2. The standard InChI is InChI=1S/C16H22N2O3S2/c19-16-11-22-15-9-8-13(10-14(15)17-16)23(20,21)18-12-6-4-2-1-3-5-7-12/h8-10,12,18H,1-7,11H2,(H,17,19). The number of fused-ring (bicyclic) bond motifs is 1. The Bertz CT molecular complexity index is 681. The number of hydrogen-bond acceptors (Lipinski definition) is 4. The van der Waals surface area contributed by atoms with Gasteiger partial charge in [-0.1, -0.05) is 32.1 Å². The Hall–Kier alpha value is -1.05. The highest BCUT2D eigenvalue weighted by Gasteiger charge is 2.23. The highest BCUT2D eigenvalue weighted by molar-refractivity contribution is 8.00. The summed E-state index contributed by atoms with van der Waals surface area (Å²) in [5, 5.41) is 2.74. The number of thioether (sulfide) groups is 1. The quantitative estimate of drug-likeness (QED) is 0.874. The predicted octanol–water partition coefficient (Wildman–Crippen LogP) is 3.12. The number of sulfonamides is 1. The molecular weight excluding hydrogens is 332 g/mol. The van der Waals surface area contributed by atoms with E-state index in [2.05, 4.69) is 10.0 Å². The largest absolute Gasteiger partial charge is 0.324 e. The summed E-state index contributed by atoms with van der Waals surface area (Å²) in [4.78, 5) is 12.6. The number of carbonyl (C=O) groups excluding carboxylic acids is 1.